The number of hydrogen-bond donors (Lipinski definition) is 3. The number of para-hydroxylation sites is 1. The number of carbonyl (C=O) groups excluding carboxylic acids is 1. The molecule has 0 saturated carbocycles. The van der Waals surface area contributed by atoms with E-state index in [1.165, 1.54) is 6.21 Å². The Morgan fingerprint density at radius 1 is 1.18 bits per heavy atom. The third-order valence-electron chi connectivity index (χ3n) is 2.67. The molecule has 2 rings (SSSR count). The van der Waals surface area contributed by atoms with Gasteiger partial charge in [0.2, 0.25) is 0 Å². The van der Waals surface area contributed by atoms with Crippen LogP contribution in [0.3, 0.4) is 0 Å². The number of phenols is 1. The predicted molar refractivity (Wildman–Crippen MR) is 94.2 cm³/mol. The average molecular weight is 427 g/mol. The number of benzene rings is 2. The maximum absolute atomic E-state index is 11.6. The maximum atomic E-state index is 11.6. The molecule has 0 spiro atoms. The number of carbonyl (C=O) groups is 1. The lowest BCUT2D eigenvalue weighted by Crippen LogP contribution is -2.25. The Hall–Kier alpha value is -1.86. The van der Waals surface area contributed by atoms with Crippen molar-refractivity contribution in [3.8, 4) is 5.75 Å². The van der Waals surface area contributed by atoms with Crippen LogP contribution in [0, 0.1) is 0 Å². The van der Waals surface area contributed by atoms with E-state index in [4.69, 9.17) is 0 Å². The van der Waals surface area contributed by atoms with Gasteiger partial charge in [-0.2, -0.15) is 5.10 Å². The van der Waals surface area contributed by atoms with Crippen LogP contribution in [0.2, 0.25) is 0 Å². The minimum Gasteiger partial charge on any atom is -0.506 e. The van der Waals surface area contributed by atoms with Gasteiger partial charge in [0.15, 0.2) is 0 Å². The molecule has 1 amide bonds. The minimum atomic E-state index is -0.253. The first-order valence-electron chi connectivity index (χ1n) is 6.35. The molecule has 0 aliphatic carbocycles. The second-order valence-corrected chi connectivity index (χ2v) is 6.05. The fraction of sp³-hybridized carbons (Fsp3) is 0.0667. The summed E-state index contributed by atoms with van der Waals surface area (Å²) in [6.45, 7) is 0.129. The van der Waals surface area contributed by atoms with Gasteiger partial charge in [-0.3, -0.25) is 4.79 Å². The highest BCUT2D eigenvalue weighted by Crippen LogP contribution is 2.32. The molecule has 22 heavy (non-hydrogen) atoms. The van der Waals surface area contributed by atoms with E-state index in [0.29, 0.717) is 8.95 Å². The molecule has 0 bridgehead atoms. The van der Waals surface area contributed by atoms with Crippen molar-refractivity contribution in [2.45, 2.75) is 0 Å². The van der Waals surface area contributed by atoms with Gasteiger partial charge in [-0.15, -0.1) is 0 Å². The molecule has 0 aromatic heterocycles. The Morgan fingerprint density at radius 2 is 1.82 bits per heavy atom. The molecule has 7 heteroatoms. The molecule has 0 fully saturated rings. The van der Waals surface area contributed by atoms with Gasteiger partial charge in [0.05, 0.1) is 21.7 Å². The van der Waals surface area contributed by atoms with Crippen molar-refractivity contribution < 1.29 is 9.90 Å². The summed E-state index contributed by atoms with van der Waals surface area (Å²) in [6.07, 6.45) is 1.50. The largest absolute Gasteiger partial charge is 0.506 e. The lowest BCUT2D eigenvalue weighted by atomic mass is 10.2. The van der Waals surface area contributed by atoms with Crippen LogP contribution in [-0.4, -0.2) is 23.8 Å². The quantitative estimate of drug-likeness (QED) is 0.506. The van der Waals surface area contributed by atoms with E-state index in [9.17, 15) is 9.90 Å². The smallest absolute Gasteiger partial charge is 0.259 e. The van der Waals surface area contributed by atoms with Crippen LogP contribution < -0.4 is 10.7 Å². The van der Waals surface area contributed by atoms with Crippen LogP contribution >= 0.6 is 31.9 Å². The summed E-state index contributed by atoms with van der Waals surface area (Å²) < 4.78 is 1.08. The van der Waals surface area contributed by atoms with E-state index in [2.05, 4.69) is 47.7 Å². The third-order valence-corrected chi connectivity index (χ3v) is 3.88. The highest BCUT2D eigenvalue weighted by atomic mass is 79.9. The first-order chi connectivity index (χ1) is 10.6. The lowest BCUT2D eigenvalue weighted by Gasteiger charge is -2.05. The predicted octanol–water partition coefficient (Wildman–Crippen LogP) is 3.48. The monoisotopic (exact) mass is 425 g/mol. The number of anilines is 1. The SMILES string of the molecule is O=C(CNc1ccccc1)N/N=C\c1cc(Br)c(O)c(Br)c1. The molecule has 2 aromatic rings. The second kappa shape index (κ2) is 7.95. The summed E-state index contributed by atoms with van der Waals surface area (Å²) >= 11 is 6.46. The Kier molecular flexibility index (Phi) is 5.97. The van der Waals surface area contributed by atoms with Gasteiger partial charge in [-0.25, -0.2) is 5.43 Å². The number of hydrogen-bond acceptors (Lipinski definition) is 4. The van der Waals surface area contributed by atoms with Crippen molar-refractivity contribution >= 4 is 49.7 Å². The molecule has 114 valence electrons. The van der Waals surface area contributed by atoms with Gasteiger partial charge in [0.25, 0.3) is 5.91 Å². The number of nitrogens with zero attached hydrogens (tertiary/aromatic N) is 1. The number of amides is 1. The number of halogens is 2. The Balaban J connectivity index is 1.85. The van der Waals surface area contributed by atoms with Gasteiger partial charge >= 0.3 is 0 Å². The zero-order valence-electron chi connectivity index (χ0n) is 11.4. The molecule has 0 radical (unpaired) electrons. The van der Waals surface area contributed by atoms with Gasteiger partial charge in [-0.05, 0) is 61.7 Å². The number of aromatic hydroxyl groups is 1. The van der Waals surface area contributed by atoms with Crippen molar-refractivity contribution in [1.29, 1.82) is 0 Å². The van der Waals surface area contributed by atoms with Crippen molar-refractivity contribution in [3.63, 3.8) is 0 Å². The van der Waals surface area contributed by atoms with Crippen molar-refractivity contribution in [1.82, 2.24) is 5.43 Å². The van der Waals surface area contributed by atoms with E-state index in [0.717, 1.165) is 11.3 Å². The van der Waals surface area contributed by atoms with Crippen LogP contribution in [0.1, 0.15) is 5.56 Å². The number of nitrogens with one attached hydrogen (secondary N) is 2. The zero-order valence-corrected chi connectivity index (χ0v) is 14.6. The maximum Gasteiger partial charge on any atom is 0.259 e. The van der Waals surface area contributed by atoms with E-state index >= 15 is 0 Å². The van der Waals surface area contributed by atoms with Crippen LogP contribution in [0.25, 0.3) is 0 Å². The number of rotatable bonds is 5. The van der Waals surface area contributed by atoms with Crippen LogP contribution in [-0.2, 0) is 4.79 Å². The lowest BCUT2D eigenvalue weighted by molar-refractivity contribution is -0.119. The van der Waals surface area contributed by atoms with Crippen molar-refractivity contribution in [2.75, 3.05) is 11.9 Å². The summed E-state index contributed by atoms with van der Waals surface area (Å²) in [7, 11) is 0. The van der Waals surface area contributed by atoms with E-state index < -0.39 is 0 Å². The molecule has 0 saturated heterocycles. The highest BCUT2D eigenvalue weighted by molar-refractivity contribution is 9.11. The Bertz CT molecular complexity index is 667. The summed E-state index contributed by atoms with van der Waals surface area (Å²) in [5.41, 5.74) is 4.03. The van der Waals surface area contributed by atoms with Gasteiger partial charge in [0, 0.05) is 5.69 Å². The molecule has 0 aliphatic heterocycles. The van der Waals surface area contributed by atoms with Crippen LogP contribution in [0.5, 0.6) is 5.75 Å². The molecular weight excluding hydrogens is 414 g/mol. The van der Waals surface area contributed by atoms with E-state index in [1.807, 2.05) is 30.3 Å². The first-order valence-corrected chi connectivity index (χ1v) is 7.93. The fourth-order valence-corrected chi connectivity index (χ4v) is 2.84. The molecular formula is C15H13Br2N3O2. The average Bonchev–Trinajstić information content (AvgIpc) is 2.51. The summed E-state index contributed by atoms with van der Waals surface area (Å²) in [6, 6.07) is 12.8. The third kappa shape index (κ3) is 4.85. The highest BCUT2D eigenvalue weighted by Gasteiger charge is 2.04. The van der Waals surface area contributed by atoms with Crippen molar-refractivity contribution in [3.05, 3.63) is 57.0 Å². The number of hydrazone groups is 1. The molecule has 2 aromatic carbocycles. The van der Waals surface area contributed by atoms with Gasteiger partial charge < -0.3 is 10.4 Å². The van der Waals surface area contributed by atoms with E-state index in [1.54, 1.807) is 12.1 Å². The topological polar surface area (TPSA) is 73.7 Å². The zero-order chi connectivity index (χ0) is 15.9. The Labute approximate surface area is 144 Å². The molecule has 0 heterocycles. The molecule has 5 nitrogen and oxygen atoms in total. The van der Waals surface area contributed by atoms with Crippen LogP contribution in [0.4, 0.5) is 5.69 Å². The molecule has 0 unspecified atom stereocenters. The van der Waals surface area contributed by atoms with Crippen LogP contribution in [0.15, 0.2) is 56.5 Å². The number of phenolic OH excluding ortho intramolecular Hbond substituents is 1. The van der Waals surface area contributed by atoms with E-state index in [-0.39, 0.29) is 18.2 Å². The summed E-state index contributed by atoms with van der Waals surface area (Å²) in [5.74, 6) is -0.134. The fourth-order valence-electron chi connectivity index (χ4n) is 1.62. The first kappa shape index (κ1) is 16.5. The summed E-state index contributed by atoms with van der Waals surface area (Å²) in [5, 5.41) is 16.5. The molecule has 3 N–H and O–H groups in total. The molecule has 0 aliphatic rings. The standard InChI is InChI=1S/C15H13Br2N3O2/c16-12-6-10(7-13(17)15(12)22)8-19-20-14(21)9-18-11-4-2-1-3-5-11/h1-8,18,22H,9H2,(H,20,21)/b19-8-. The van der Waals surface area contributed by atoms with Crippen molar-refractivity contribution in [2.24, 2.45) is 5.10 Å². The Morgan fingerprint density at radius 3 is 2.45 bits per heavy atom. The minimum absolute atomic E-state index is 0.119. The summed E-state index contributed by atoms with van der Waals surface area (Å²) in [4.78, 5) is 11.6. The second-order valence-electron chi connectivity index (χ2n) is 4.35. The van der Waals surface area contributed by atoms with Gasteiger partial charge in [-0.1, -0.05) is 18.2 Å². The van der Waals surface area contributed by atoms with Gasteiger partial charge in [0.1, 0.15) is 5.75 Å². The normalized spacial score (nSPS) is 10.6. The molecule has 0 atom stereocenters.